The number of hydrogen-bond acceptors (Lipinski definition) is 6. The highest BCUT2D eigenvalue weighted by molar-refractivity contribution is 5.55. The van der Waals surface area contributed by atoms with Crippen molar-refractivity contribution in [3.05, 3.63) is 66.0 Å². The van der Waals surface area contributed by atoms with E-state index >= 15 is 0 Å². The lowest BCUT2D eigenvalue weighted by molar-refractivity contribution is 0.422. The molecule has 1 fully saturated rings. The lowest BCUT2D eigenvalue weighted by atomic mass is 10.1. The van der Waals surface area contributed by atoms with Gasteiger partial charge in [0, 0.05) is 42.4 Å². The van der Waals surface area contributed by atoms with Crippen molar-refractivity contribution >= 4 is 0 Å². The van der Waals surface area contributed by atoms with E-state index in [1.165, 1.54) is 18.4 Å². The minimum atomic E-state index is 0.487. The second kappa shape index (κ2) is 6.99. The molecule has 0 saturated heterocycles. The van der Waals surface area contributed by atoms with Crippen LogP contribution >= 0.6 is 0 Å². The molecule has 0 spiro atoms. The summed E-state index contributed by atoms with van der Waals surface area (Å²) in [5.74, 6) is 3.12. The van der Waals surface area contributed by atoms with E-state index in [9.17, 15) is 0 Å². The minimum Gasteiger partial charge on any atom is -0.334 e. The van der Waals surface area contributed by atoms with Crippen molar-refractivity contribution in [1.29, 1.82) is 0 Å². The minimum absolute atomic E-state index is 0.487. The van der Waals surface area contributed by atoms with E-state index in [0.717, 1.165) is 29.2 Å². The molecule has 140 valence electrons. The van der Waals surface area contributed by atoms with Crippen LogP contribution in [0, 0.1) is 6.92 Å². The molecule has 7 heteroatoms. The van der Waals surface area contributed by atoms with E-state index in [2.05, 4.69) is 29.9 Å². The van der Waals surface area contributed by atoms with Crippen LogP contribution in [0.5, 0.6) is 0 Å². The number of pyridine rings is 1. The molecule has 0 N–H and O–H groups in total. The molecule has 0 radical (unpaired) electrons. The number of hydrogen-bond donors (Lipinski definition) is 0. The smallest absolute Gasteiger partial charge is 0.257 e. The fourth-order valence-corrected chi connectivity index (χ4v) is 3.38. The van der Waals surface area contributed by atoms with Crippen molar-refractivity contribution in [3.8, 4) is 22.8 Å². The van der Waals surface area contributed by atoms with Gasteiger partial charge < -0.3 is 9.09 Å². The first kappa shape index (κ1) is 16.8. The Labute approximate surface area is 162 Å². The zero-order valence-corrected chi connectivity index (χ0v) is 15.6. The molecule has 0 bridgehead atoms. The van der Waals surface area contributed by atoms with Gasteiger partial charge in [0.1, 0.15) is 5.82 Å². The summed E-state index contributed by atoms with van der Waals surface area (Å²) in [5.41, 5.74) is 3.15. The third-order valence-electron chi connectivity index (χ3n) is 4.92. The van der Waals surface area contributed by atoms with Crippen LogP contribution < -0.4 is 0 Å². The van der Waals surface area contributed by atoms with Gasteiger partial charge in [-0.1, -0.05) is 22.9 Å². The molecule has 1 aliphatic carbocycles. The standard InChI is InChI=1S/C21H20N6O/c1-14-3-2-4-16(13-14)21-23-18(26-28-21)7-8-19-24-25-20(27(19)17-5-6-17)15-9-11-22-12-10-15/h2-4,9-13,17H,5-8H2,1H3. The molecule has 1 aliphatic rings. The first-order valence-corrected chi connectivity index (χ1v) is 9.52. The maximum atomic E-state index is 5.45. The van der Waals surface area contributed by atoms with Gasteiger partial charge in [0.25, 0.3) is 5.89 Å². The molecule has 4 aromatic rings. The number of aromatic nitrogens is 6. The van der Waals surface area contributed by atoms with E-state index in [-0.39, 0.29) is 0 Å². The monoisotopic (exact) mass is 372 g/mol. The van der Waals surface area contributed by atoms with E-state index in [1.54, 1.807) is 12.4 Å². The molecular formula is C21H20N6O. The third-order valence-corrected chi connectivity index (χ3v) is 4.92. The molecule has 3 aromatic heterocycles. The Hall–Kier alpha value is -3.35. The highest BCUT2D eigenvalue weighted by Crippen LogP contribution is 2.39. The first-order chi connectivity index (χ1) is 13.8. The number of benzene rings is 1. The largest absolute Gasteiger partial charge is 0.334 e. The van der Waals surface area contributed by atoms with E-state index < -0.39 is 0 Å². The molecule has 0 amide bonds. The molecule has 3 heterocycles. The summed E-state index contributed by atoms with van der Waals surface area (Å²) in [5, 5.41) is 13.0. The van der Waals surface area contributed by atoms with Crippen LogP contribution in [0.3, 0.4) is 0 Å². The van der Waals surface area contributed by atoms with Gasteiger partial charge in [0.05, 0.1) is 0 Å². The van der Waals surface area contributed by atoms with Gasteiger partial charge in [-0.2, -0.15) is 4.98 Å². The highest BCUT2D eigenvalue weighted by Gasteiger charge is 2.29. The third kappa shape index (κ3) is 3.31. The quantitative estimate of drug-likeness (QED) is 0.512. The molecule has 1 saturated carbocycles. The number of aryl methyl sites for hydroxylation is 3. The zero-order valence-electron chi connectivity index (χ0n) is 15.6. The van der Waals surface area contributed by atoms with Gasteiger partial charge in [0.2, 0.25) is 0 Å². The summed E-state index contributed by atoms with van der Waals surface area (Å²) in [6.07, 6.45) is 7.30. The first-order valence-electron chi connectivity index (χ1n) is 9.52. The van der Waals surface area contributed by atoms with Gasteiger partial charge in [0.15, 0.2) is 11.6 Å². The molecule has 5 rings (SSSR count). The van der Waals surface area contributed by atoms with E-state index in [0.29, 0.717) is 24.2 Å². The van der Waals surface area contributed by atoms with E-state index in [4.69, 9.17) is 4.52 Å². The van der Waals surface area contributed by atoms with Gasteiger partial charge in [-0.15, -0.1) is 10.2 Å². The van der Waals surface area contributed by atoms with Crippen molar-refractivity contribution in [2.24, 2.45) is 0 Å². The van der Waals surface area contributed by atoms with Gasteiger partial charge in [-0.05, 0) is 44.0 Å². The lowest BCUT2D eigenvalue weighted by Crippen LogP contribution is -2.06. The van der Waals surface area contributed by atoms with Crippen LogP contribution in [0.2, 0.25) is 0 Å². The average Bonchev–Trinajstić information content (AvgIpc) is 3.29. The molecule has 0 unspecified atom stereocenters. The fraction of sp³-hybridized carbons (Fsp3) is 0.286. The summed E-state index contributed by atoms with van der Waals surface area (Å²) >= 11 is 0. The number of rotatable bonds is 6. The SMILES string of the molecule is Cc1cccc(-c2nc(CCc3nnc(-c4ccncc4)n3C3CC3)no2)c1. The zero-order chi connectivity index (χ0) is 18.9. The average molecular weight is 372 g/mol. The summed E-state index contributed by atoms with van der Waals surface area (Å²) in [6.45, 7) is 2.05. The molecule has 0 aliphatic heterocycles. The van der Waals surface area contributed by atoms with Crippen LogP contribution in [0.1, 0.15) is 36.1 Å². The Morgan fingerprint density at radius 2 is 1.89 bits per heavy atom. The Bertz CT molecular complexity index is 1100. The second-order valence-electron chi connectivity index (χ2n) is 7.16. The molecule has 7 nitrogen and oxygen atoms in total. The van der Waals surface area contributed by atoms with Crippen LogP contribution in [0.15, 0.2) is 53.3 Å². The van der Waals surface area contributed by atoms with Crippen LogP contribution in [-0.4, -0.2) is 29.9 Å². The topological polar surface area (TPSA) is 82.5 Å². The van der Waals surface area contributed by atoms with Crippen molar-refractivity contribution < 1.29 is 4.52 Å². The fourth-order valence-electron chi connectivity index (χ4n) is 3.38. The molecule has 0 atom stereocenters. The molecule has 28 heavy (non-hydrogen) atoms. The second-order valence-corrected chi connectivity index (χ2v) is 7.16. The number of nitrogens with zero attached hydrogens (tertiary/aromatic N) is 6. The predicted octanol–water partition coefficient (Wildman–Crippen LogP) is 3.82. The summed E-state index contributed by atoms with van der Waals surface area (Å²) in [7, 11) is 0. The van der Waals surface area contributed by atoms with Crippen molar-refractivity contribution in [2.45, 2.75) is 38.6 Å². The van der Waals surface area contributed by atoms with E-state index in [1.807, 2.05) is 43.3 Å². The summed E-state index contributed by atoms with van der Waals surface area (Å²) < 4.78 is 7.71. The Morgan fingerprint density at radius 1 is 1.04 bits per heavy atom. The Morgan fingerprint density at radius 3 is 2.68 bits per heavy atom. The lowest BCUT2D eigenvalue weighted by Gasteiger charge is -2.08. The van der Waals surface area contributed by atoms with Crippen LogP contribution in [0.25, 0.3) is 22.8 Å². The molecular weight excluding hydrogens is 352 g/mol. The van der Waals surface area contributed by atoms with Gasteiger partial charge in [-0.3, -0.25) is 4.98 Å². The van der Waals surface area contributed by atoms with Crippen molar-refractivity contribution in [2.75, 3.05) is 0 Å². The van der Waals surface area contributed by atoms with Crippen LogP contribution in [0.4, 0.5) is 0 Å². The van der Waals surface area contributed by atoms with Crippen LogP contribution in [-0.2, 0) is 12.8 Å². The summed E-state index contributed by atoms with van der Waals surface area (Å²) in [6, 6.07) is 12.5. The Balaban J connectivity index is 1.36. The normalized spacial score (nSPS) is 13.8. The van der Waals surface area contributed by atoms with Gasteiger partial charge >= 0.3 is 0 Å². The maximum absolute atomic E-state index is 5.45. The summed E-state index contributed by atoms with van der Waals surface area (Å²) in [4.78, 5) is 8.64. The predicted molar refractivity (Wildman–Crippen MR) is 103 cm³/mol. The van der Waals surface area contributed by atoms with Crippen molar-refractivity contribution in [1.82, 2.24) is 29.9 Å². The van der Waals surface area contributed by atoms with Crippen molar-refractivity contribution in [3.63, 3.8) is 0 Å². The Kier molecular flexibility index (Phi) is 4.20. The maximum Gasteiger partial charge on any atom is 0.257 e. The highest BCUT2D eigenvalue weighted by atomic mass is 16.5. The molecule has 1 aromatic carbocycles. The van der Waals surface area contributed by atoms with Gasteiger partial charge in [-0.25, -0.2) is 0 Å².